The first-order valence-corrected chi connectivity index (χ1v) is 6.52. The third-order valence-electron chi connectivity index (χ3n) is 3.54. The van der Waals surface area contributed by atoms with E-state index in [1.807, 2.05) is 30.3 Å². The summed E-state index contributed by atoms with van der Waals surface area (Å²) in [5, 5.41) is 19.6. The summed E-state index contributed by atoms with van der Waals surface area (Å²) in [6.45, 7) is 5.70. The third-order valence-corrected chi connectivity index (χ3v) is 3.54. The van der Waals surface area contributed by atoms with Crippen molar-refractivity contribution in [1.82, 2.24) is 4.90 Å². The van der Waals surface area contributed by atoms with Gasteiger partial charge in [0.2, 0.25) is 0 Å². The lowest BCUT2D eigenvalue weighted by Gasteiger charge is -2.40. The first kappa shape index (κ1) is 14.6. The highest BCUT2D eigenvalue weighted by molar-refractivity contribution is 5.69. The molecular weight excluding hydrogens is 258 g/mol. The van der Waals surface area contributed by atoms with Gasteiger partial charge in [-0.15, -0.1) is 0 Å². The van der Waals surface area contributed by atoms with Crippen molar-refractivity contribution in [2.24, 2.45) is 0 Å². The molecule has 1 amide bonds. The second kappa shape index (κ2) is 6.07. The van der Waals surface area contributed by atoms with Crippen molar-refractivity contribution < 1.29 is 19.7 Å². The number of aliphatic hydroxyl groups excluding tert-OH is 2. The molecule has 0 spiro atoms. The lowest BCUT2D eigenvalue weighted by molar-refractivity contribution is -0.0391. The van der Waals surface area contributed by atoms with E-state index in [1.165, 1.54) is 4.90 Å². The van der Waals surface area contributed by atoms with E-state index in [4.69, 9.17) is 4.74 Å². The summed E-state index contributed by atoms with van der Waals surface area (Å²) in [6.07, 6.45) is -2.56. The van der Waals surface area contributed by atoms with Crippen LogP contribution in [0.3, 0.4) is 0 Å². The summed E-state index contributed by atoms with van der Waals surface area (Å²) in [4.78, 5) is 13.4. The van der Waals surface area contributed by atoms with Crippen LogP contribution in [0.25, 0.3) is 0 Å². The Morgan fingerprint density at radius 2 is 2.05 bits per heavy atom. The Hall–Kier alpha value is -1.85. The van der Waals surface area contributed by atoms with Crippen molar-refractivity contribution in [2.75, 3.05) is 6.54 Å². The van der Waals surface area contributed by atoms with E-state index in [1.54, 1.807) is 6.92 Å². The molecule has 1 fully saturated rings. The number of nitrogens with zero attached hydrogens (tertiary/aromatic N) is 1. The van der Waals surface area contributed by atoms with Gasteiger partial charge in [0.1, 0.15) is 18.8 Å². The van der Waals surface area contributed by atoms with Crippen LogP contribution in [0.15, 0.2) is 42.5 Å². The minimum Gasteiger partial charge on any atom is -0.445 e. The molecule has 0 bridgehead atoms. The van der Waals surface area contributed by atoms with E-state index in [2.05, 4.69) is 6.58 Å². The number of hydrogen-bond donors (Lipinski definition) is 2. The van der Waals surface area contributed by atoms with Crippen LogP contribution >= 0.6 is 0 Å². The molecule has 0 aromatic heterocycles. The summed E-state index contributed by atoms with van der Waals surface area (Å²) in [6, 6.07) is 8.84. The van der Waals surface area contributed by atoms with Crippen molar-refractivity contribution >= 4 is 6.09 Å². The lowest BCUT2D eigenvalue weighted by atomic mass is 9.94. The van der Waals surface area contributed by atoms with E-state index < -0.39 is 24.3 Å². The Balaban J connectivity index is 1.97. The molecule has 0 radical (unpaired) electrons. The number of rotatable bonds is 2. The Labute approximate surface area is 118 Å². The molecule has 5 heteroatoms. The largest absolute Gasteiger partial charge is 0.445 e. The number of amides is 1. The Kier molecular flexibility index (Phi) is 4.42. The average molecular weight is 277 g/mol. The monoisotopic (exact) mass is 277 g/mol. The molecule has 1 aliphatic rings. The maximum Gasteiger partial charge on any atom is 0.410 e. The van der Waals surface area contributed by atoms with Gasteiger partial charge in [-0.1, -0.05) is 36.9 Å². The molecule has 2 rings (SSSR count). The quantitative estimate of drug-likeness (QED) is 0.800. The zero-order chi connectivity index (χ0) is 14.7. The number of hydrogen-bond acceptors (Lipinski definition) is 4. The minimum atomic E-state index is -1.04. The molecule has 3 unspecified atom stereocenters. The van der Waals surface area contributed by atoms with Crippen LogP contribution in [0, 0.1) is 0 Å². The molecule has 20 heavy (non-hydrogen) atoms. The van der Waals surface area contributed by atoms with E-state index in [-0.39, 0.29) is 13.2 Å². The third kappa shape index (κ3) is 3.00. The minimum absolute atomic E-state index is 0.175. The molecule has 2 N–H and O–H groups in total. The number of aliphatic hydroxyl groups is 2. The topological polar surface area (TPSA) is 70.0 Å². The molecule has 1 aliphatic heterocycles. The molecular formula is C15H19NO4. The van der Waals surface area contributed by atoms with Gasteiger partial charge in [-0.2, -0.15) is 0 Å². The highest BCUT2D eigenvalue weighted by atomic mass is 16.6. The van der Waals surface area contributed by atoms with E-state index in [0.29, 0.717) is 5.57 Å². The summed E-state index contributed by atoms with van der Waals surface area (Å²) in [7, 11) is 0. The molecule has 0 aliphatic carbocycles. The Morgan fingerprint density at radius 1 is 1.40 bits per heavy atom. The molecule has 1 aromatic rings. The SMILES string of the molecule is C=C1CN(C(=O)OCc2ccccc2)C(C)C(O)C1O. The zero-order valence-corrected chi connectivity index (χ0v) is 11.4. The molecule has 3 atom stereocenters. The highest BCUT2D eigenvalue weighted by Gasteiger charge is 2.38. The second-order valence-corrected chi connectivity index (χ2v) is 5.00. The smallest absolute Gasteiger partial charge is 0.410 e. The van der Waals surface area contributed by atoms with Gasteiger partial charge in [-0.25, -0.2) is 4.79 Å². The van der Waals surface area contributed by atoms with E-state index in [9.17, 15) is 15.0 Å². The van der Waals surface area contributed by atoms with E-state index in [0.717, 1.165) is 5.56 Å². The fourth-order valence-electron chi connectivity index (χ4n) is 2.18. The van der Waals surface area contributed by atoms with Gasteiger partial charge < -0.3 is 14.9 Å². The number of piperidine rings is 1. The van der Waals surface area contributed by atoms with Crippen molar-refractivity contribution in [3.05, 3.63) is 48.0 Å². The van der Waals surface area contributed by atoms with Gasteiger partial charge in [0.25, 0.3) is 0 Å². The van der Waals surface area contributed by atoms with Gasteiger partial charge in [-0.3, -0.25) is 4.90 Å². The predicted octanol–water partition coefficient (Wildman–Crippen LogP) is 1.31. The van der Waals surface area contributed by atoms with Crippen LogP contribution in [0.5, 0.6) is 0 Å². The number of carbonyl (C=O) groups is 1. The summed E-state index contributed by atoms with van der Waals surface area (Å²) in [5.74, 6) is 0. The van der Waals surface area contributed by atoms with Crippen molar-refractivity contribution in [3.63, 3.8) is 0 Å². The number of likely N-dealkylation sites (tertiary alicyclic amines) is 1. The normalized spacial score (nSPS) is 26.4. The molecule has 0 saturated carbocycles. The van der Waals surface area contributed by atoms with Crippen LogP contribution in [-0.2, 0) is 11.3 Å². The second-order valence-electron chi connectivity index (χ2n) is 5.00. The maximum atomic E-state index is 12.0. The molecule has 1 heterocycles. The fraction of sp³-hybridized carbons (Fsp3) is 0.400. The number of ether oxygens (including phenoxy) is 1. The van der Waals surface area contributed by atoms with Gasteiger partial charge in [0.05, 0.1) is 6.04 Å². The lowest BCUT2D eigenvalue weighted by Crippen LogP contribution is -2.56. The molecule has 1 saturated heterocycles. The van der Waals surface area contributed by atoms with Gasteiger partial charge >= 0.3 is 6.09 Å². The van der Waals surface area contributed by atoms with Crippen LogP contribution in [-0.4, -0.2) is 46.0 Å². The van der Waals surface area contributed by atoms with Crippen molar-refractivity contribution in [1.29, 1.82) is 0 Å². The molecule has 5 nitrogen and oxygen atoms in total. The van der Waals surface area contributed by atoms with Crippen LogP contribution in [0.4, 0.5) is 4.79 Å². The number of benzene rings is 1. The van der Waals surface area contributed by atoms with Crippen molar-refractivity contribution in [2.45, 2.75) is 31.8 Å². The Bertz CT molecular complexity index is 488. The average Bonchev–Trinajstić information content (AvgIpc) is 2.47. The predicted molar refractivity (Wildman–Crippen MR) is 73.9 cm³/mol. The molecule has 108 valence electrons. The van der Waals surface area contributed by atoms with Gasteiger partial charge in [-0.05, 0) is 18.1 Å². The summed E-state index contributed by atoms with van der Waals surface area (Å²) < 4.78 is 5.22. The highest BCUT2D eigenvalue weighted by Crippen LogP contribution is 2.22. The van der Waals surface area contributed by atoms with Gasteiger partial charge in [0.15, 0.2) is 0 Å². The van der Waals surface area contributed by atoms with Crippen LogP contribution < -0.4 is 0 Å². The van der Waals surface area contributed by atoms with E-state index >= 15 is 0 Å². The first-order chi connectivity index (χ1) is 9.50. The summed E-state index contributed by atoms with van der Waals surface area (Å²) >= 11 is 0. The van der Waals surface area contributed by atoms with Crippen LogP contribution in [0.2, 0.25) is 0 Å². The molecule has 1 aromatic carbocycles. The fourth-order valence-corrected chi connectivity index (χ4v) is 2.18. The van der Waals surface area contributed by atoms with Crippen molar-refractivity contribution in [3.8, 4) is 0 Å². The summed E-state index contributed by atoms with van der Waals surface area (Å²) in [5.41, 5.74) is 1.30. The number of carbonyl (C=O) groups excluding carboxylic acids is 1. The maximum absolute atomic E-state index is 12.0. The first-order valence-electron chi connectivity index (χ1n) is 6.52. The Morgan fingerprint density at radius 3 is 2.70 bits per heavy atom. The standard InChI is InChI=1S/C15H19NO4/c1-10-8-16(11(2)14(18)13(10)17)15(19)20-9-12-6-4-3-5-7-12/h3-7,11,13-14,17-18H,1,8-9H2,2H3. The zero-order valence-electron chi connectivity index (χ0n) is 11.4. The van der Waals surface area contributed by atoms with Gasteiger partial charge in [0, 0.05) is 6.54 Å². The van der Waals surface area contributed by atoms with Crippen LogP contribution in [0.1, 0.15) is 12.5 Å².